The van der Waals surface area contributed by atoms with E-state index in [1.807, 2.05) is 19.0 Å². The van der Waals surface area contributed by atoms with Gasteiger partial charge in [0.1, 0.15) is 18.0 Å². The lowest BCUT2D eigenvalue weighted by atomic mass is 10.1. The predicted octanol–water partition coefficient (Wildman–Crippen LogP) is 4.28. The number of rotatable bonds is 6. The lowest BCUT2D eigenvalue weighted by molar-refractivity contribution is -0.141. The van der Waals surface area contributed by atoms with E-state index >= 15 is 0 Å². The number of alkyl halides is 3. The van der Waals surface area contributed by atoms with Crippen LogP contribution in [0.3, 0.4) is 0 Å². The molecule has 2 aromatic carbocycles. The monoisotopic (exact) mass is 420 g/mol. The summed E-state index contributed by atoms with van der Waals surface area (Å²) >= 11 is 0. The molecule has 0 N–H and O–H groups in total. The molecule has 0 atom stereocenters. The van der Waals surface area contributed by atoms with Crippen LogP contribution in [0.2, 0.25) is 0 Å². The van der Waals surface area contributed by atoms with E-state index in [0.29, 0.717) is 10.5 Å². The van der Waals surface area contributed by atoms with E-state index < -0.39 is 24.4 Å². The summed E-state index contributed by atoms with van der Waals surface area (Å²) in [6.07, 6.45) is -2.21. The number of para-hydroxylation sites is 1. The number of carbonyl (C=O) groups excluding carboxylic acids is 1. The maximum absolute atomic E-state index is 13.9. The number of anilines is 1. The van der Waals surface area contributed by atoms with Gasteiger partial charge in [0.15, 0.2) is 0 Å². The fourth-order valence-corrected chi connectivity index (χ4v) is 2.92. The SMILES string of the molecule is CN(C)c1ccc(CN(CC(F)(F)F)C(=O)c2cnn(-c3ccccc3F)c2)cc1. The molecule has 0 aliphatic carbocycles. The Morgan fingerprint density at radius 1 is 1.07 bits per heavy atom. The van der Waals surface area contributed by atoms with Crippen molar-refractivity contribution in [2.24, 2.45) is 0 Å². The van der Waals surface area contributed by atoms with Gasteiger partial charge in [-0.15, -0.1) is 0 Å². The van der Waals surface area contributed by atoms with Crippen LogP contribution in [0, 0.1) is 5.82 Å². The van der Waals surface area contributed by atoms with Gasteiger partial charge in [-0.05, 0) is 29.8 Å². The molecule has 3 aromatic rings. The molecule has 0 radical (unpaired) electrons. The second-order valence-corrected chi connectivity index (χ2v) is 6.96. The summed E-state index contributed by atoms with van der Waals surface area (Å²) in [5.74, 6) is -1.40. The van der Waals surface area contributed by atoms with Crippen molar-refractivity contribution in [3.8, 4) is 5.69 Å². The standard InChI is InChI=1S/C21H20F4N4O/c1-27(2)17-9-7-15(8-10-17)12-28(14-21(23,24)25)20(30)16-11-26-29(13-16)19-6-4-3-5-18(19)22/h3-11,13H,12,14H2,1-2H3. The number of benzene rings is 2. The van der Waals surface area contributed by atoms with Crippen LogP contribution in [-0.4, -0.2) is 47.4 Å². The molecule has 0 fully saturated rings. The quantitative estimate of drug-likeness (QED) is 0.559. The molecule has 0 spiro atoms. The van der Waals surface area contributed by atoms with Gasteiger partial charge in [0.25, 0.3) is 5.91 Å². The zero-order valence-electron chi connectivity index (χ0n) is 16.4. The number of carbonyl (C=O) groups is 1. The van der Waals surface area contributed by atoms with Crippen molar-refractivity contribution in [1.29, 1.82) is 0 Å². The molecule has 9 heteroatoms. The Morgan fingerprint density at radius 3 is 2.33 bits per heavy atom. The van der Waals surface area contributed by atoms with Crippen LogP contribution >= 0.6 is 0 Å². The normalized spacial score (nSPS) is 11.4. The van der Waals surface area contributed by atoms with Gasteiger partial charge in [-0.3, -0.25) is 4.79 Å². The Hall–Kier alpha value is -3.36. The summed E-state index contributed by atoms with van der Waals surface area (Å²) in [6.45, 7) is -1.64. The van der Waals surface area contributed by atoms with Crippen molar-refractivity contribution in [3.05, 3.63) is 77.9 Å². The Morgan fingerprint density at radius 2 is 1.73 bits per heavy atom. The molecule has 3 rings (SSSR count). The summed E-state index contributed by atoms with van der Waals surface area (Å²) in [7, 11) is 3.70. The molecule has 0 unspecified atom stereocenters. The maximum atomic E-state index is 13.9. The molecule has 0 saturated carbocycles. The van der Waals surface area contributed by atoms with Crippen molar-refractivity contribution >= 4 is 11.6 Å². The van der Waals surface area contributed by atoms with Gasteiger partial charge in [-0.25, -0.2) is 9.07 Å². The fraction of sp³-hybridized carbons (Fsp3) is 0.238. The Labute approximate surface area is 171 Å². The highest BCUT2D eigenvalue weighted by atomic mass is 19.4. The smallest absolute Gasteiger partial charge is 0.378 e. The summed E-state index contributed by atoms with van der Waals surface area (Å²) in [4.78, 5) is 15.4. The van der Waals surface area contributed by atoms with E-state index in [0.717, 1.165) is 16.6 Å². The predicted molar refractivity (Wildman–Crippen MR) is 105 cm³/mol. The first-order chi connectivity index (χ1) is 14.1. The van der Waals surface area contributed by atoms with Crippen LogP contribution in [0.4, 0.5) is 23.2 Å². The average Bonchev–Trinajstić information content (AvgIpc) is 3.16. The van der Waals surface area contributed by atoms with Crippen LogP contribution in [0.25, 0.3) is 5.69 Å². The van der Waals surface area contributed by atoms with Gasteiger partial charge in [0.05, 0.1) is 11.8 Å². The summed E-state index contributed by atoms with van der Waals surface area (Å²) in [5, 5.41) is 3.93. The number of hydrogen-bond donors (Lipinski definition) is 0. The molecule has 1 heterocycles. The van der Waals surface area contributed by atoms with Crippen LogP contribution < -0.4 is 4.90 Å². The van der Waals surface area contributed by atoms with Crippen molar-refractivity contribution in [2.75, 3.05) is 25.5 Å². The van der Waals surface area contributed by atoms with E-state index in [1.165, 1.54) is 24.4 Å². The van der Waals surface area contributed by atoms with Gasteiger partial charge >= 0.3 is 6.18 Å². The fourth-order valence-electron chi connectivity index (χ4n) is 2.92. The third-order valence-electron chi connectivity index (χ3n) is 4.41. The number of nitrogens with zero attached hydrogens (tertiary/aromatic N) is 4. The van der Waals surface area contributed by atoms with E-state index in [2.05, 4.69) is 5.10 Å². The largest absolute Gasteiger partial charge is 0.406 e. The molecular formula is C21H20F4N4O. The molecule has 0 aliphatic rings. The first kappa shape index (κ1) is 21.4. The third kappa shape index (κ3) is 5.16. The summed E-state index contributed by atoms with van der Waals surface area (Å²) in [6, 6.07) is 12.7. The molecule has 0 bridgehead atoms. The zero-order valence-corrected chi connectivity index (χ0v) is 16.4. The highest BCUT2D eigenvalue weighted by Crippen LogP contribution is 2.22. The summed E-state index contributed by atoms with van der Waals surface area (Å²) < 4.78 is 54.4. The molecule has 5 nitrogen and oxygen atoms in total. The average molecular weight is 420 g/mol. The molecule has 30 heavy (non-hydrogen) atoms. The van der Waals surface area contributed by atoms with E-state index in [1.54, 1.807) is 30.3 Å². The molecule has 0 saturated heterocycles. The molecule has 158 valence electrons. The Kier molecular flexibility index (Phi) is 6.09. The highest BCUT2D eigenvalue weighted by molar-refractivity contribution is 5.93. The van der Waals surface area contributed by atoms with Gasteiger partial charge < -0.3 is 9.80 Å². The van der Waals surface area contributed by atoms with Gasteiger partial charge in [0.2, 0.25) is 0 Å². The maximum Gasteiger partial charge on any atom is 0.406 e. The van der Waals surface area contributed by atoms with E-state index in [-0.39, 0.29) is 17.8 Å². The van der Waals surface area contributed by atoms with Crippen molar-refractivity contribution in [1.82, 2.24) is 14.7 Å². The molecule has 1 amide bonds. The third-order valence-corrected chi connectivity index (χ3v) is 4.41. The van der Waals surface area contributed by atoms with Gasteiger partial charge in [-0.1, -0.05) is 24.3 Å². The first-order valence-corrected chi connectivity index (χ1v) is 9.06. The topological polar surface area (TPSA) is 41.4 Å². The van der Waals surface area contributed by atoms with Crippen LogP contribution in [-0.2, 0) is 6.54 Å². The number of halogens is 4. The van der Waals surface area contributed by atoms with Gasteiger partial charge in [0, 0.05) is 32.5 Å². The highest BCUT2D eigenvalue weighted by Gasteiger charge is 2.34. The molecular weight excluding hydrogens is 400 g/mol. The Balaban J connectivity index is 1.85. The second-order valence-electron chi connectivity index (χ2n) is 6.96. The summed E-state index contributed by atoms with van der Waals surface area (Å²) in [5.41, 5.74) is 1.48. The van der Waals surface area contributed by atoms with Crippen molar-refractivity contribution < 1.29 is 22.4 Å². The van der Waals surface area contributed by atoms with Crippen LogP contribution in [0.15, 0.2) is 60.9 Å². The second kappa shape index (κ2) is 8.56. The Bertz CT molecular complexity index is 1010. The van der Waals surface area contributed by atoms with Crippen LogP contribution in [0.1, 0.15) is 15.9 Å². The van der Waals surface area contributed by atoms with Crippen molar-refractivity contribution in [3.63, 3.8) is 0 Å². The number of amides is 1. The zero-order chi connectivity index (χ0) is 21.9. The van der Waals surface area contributed by atoms with Crippen LogP contribution in [0.5, 0.6) is 0 Å². The lowest BCUT2D eigenvalue weighted by Gasteiger charge is -2.24. The van der Waals surface area contributed by atoms with E-state index in [4.69, 9.17) is 0 Å². The minimum Gasteiger partial charge on any atom is -0.378 e. The van der Waals surface area contributed by atoms with Gasteiger partial charge in [-0.2, -0.15) is 18.3 Å². The lowest BCUT2D eigenvalue weighted by Crippen LogP contribution is -2.38. The van der Waals surface area contributed by atoms with Crippen molar-refractivity contribution in [2.45, 2.75) is 12.7 Å². The minimum atomic E-state index is -4.57. The molecule has 0 aliphatic heterocycles. The molecule has 1 aromatic heterocycles. The van der Waals surface area contributed by atoms with E-state index in [9.17, 15) is 22.4 Å². The number of hydrogen-bond acceptors (Lipinski definition) is 3. The first-order valence-electron chi connectivity index (χ1n) is 9.06. The minimum absolute atomic E-state index is 0.0626. The number of aromatic nitrogens is 2.